The van der Waals surface area contributed by atoms with Crippen molar-refractivity contribution in [2.75, 3.05) is 13.2 Å². The Morgan fingerprint density at radius 3 is 2.33 bits per heavy atom. The molecule has 3 heteroatoms. The molecule has 0 aliphatic carbocycles. The van der Waals surface area contributed by atoms with E-state index < -0.39 is 0 Å². The van der Waals surface area contributed by atoms with E-state index in [1.807, 2.05) is 0 Å². The molecular formula is C21H36O2Se. The second-order valence-corrected chi connectivity index (χ2v) is 8.98. The summed E-state index contributed by atoms with van der Waals surface area (Å²) < 4.78 is 6.99. The third-order valence-electron chi connectivity index (χ3n) is 4.13. The summed E-state index contributed by atoms with van der Waals surface area (Å²) in [5.41, 5.74) is 1.30. The Morgan fingerprint density at radius 1 is 1.00 bits per heavy atom. The van der Waals surface area contributed by atoms with Gasteiger partial charge in [-0.1, -0.05) is 19.8 Å². The Hall–Kier alpha value is -0.341. The van der Waals surface area contributed by atoms with Gasteiger partial charge < -0.3 is 0 Å². The molecule has 1 atom stereocenters. The van der Waals surface area contributed by atoms with Gasteiger partial charge in [-0.2, -0.15) is 0 Å². The molecule has 0 heterocycles. The van der Waals surface area contributed by atoms with Crippen molar-refractivity contribution in [3.8, 4) is 0 Å². The summed E-state index contributed by atoms with van der Waals surface area (Å²) in [4.78, 5) is 0. The number of hydrogen-bond donors (Lipinski definition) is 1. The number of hydrogen-bond acceptors (Lipinski definition) is 2. The number of aliphatic hydroxyl groups is 1. The molecular weight excluding hydrogens is 363 g/mol. The normalized spacial score (nSPS) is 12.5. The van der Waals surface area contributed by atoms with E-state index in [9.17, 15) is 5.11 Å². The first kappa shape index (κ1) is 21.7. The van der Waals surface area contributed by atoms with Crippen LogP contribution in [0.2, 0.25) is 5.32 Å². The molecule has 0 saturated heterocycles. The predicted octanol–water partition coefficient (Wildman–Crippen LogP) is 4.65. The topological polar surface area (TPSA) is 29.5 Å². The van der Waals surface area contributed by atoms with Crippen molar-refractivity contribution in [2.24, 2.45) is 0 Å². The minimum absolute atomic E-state index is 0.316. The van der Waals surface area contributed by atoms with Crippen molar-refractivity contribution in [1.29, 1.82) is 0 Å². The van der Waals surface area contributed by atoms with Crippen molar-refractivity contribution in [1.82, 2.24) is 0 Å². The van der Waals surface area contributed by atoms with E-state index in [4.69, 9.17) is 4.74 Å². The zero-order valence-corrected chi connectivity index (χ0v) is 17.3. The van der Waals surface area contributed by atoms with E-state index in [2.05, 4.69) is 38.1 Å². The van der Waals surface area contributed by atoms with Crippen LogP contribution in [0.5, 0.6) is 0 Å². The molecule has 0 radical (unpaired) electrons. The first-order valence-corrected chi connectivity index (χ1v) is 11.7. The summed E-state index contributed by atoms with van der Waals surface area (Å²) >= 11 is 0.340. The average molecular weight is 399 g/mol. The third-order valence-corrected chi connectivity index (χ3v) is 6.52. The number of ether oxygens (including phenoxy) is 1. The molecule has 0 bridgehead atoms. The molecule has 1 aromatic rings. The van der Waals surface area contributed by atoms with Crippen molar-refractivity contribution in [2.45, 2.75) is 83.1 Å². The molecule has 1 rings (SSSR count). The summed E-state index contributed by atoms with van der Waals surface area (Å²) in [6, 6.07) is 8.59. The summed E-state index contributed by atoms with van der Waals surface area (Å²) in [6.07, 6.45) is 11.7. The fourth-order valence-corrected chi connectivity index (χ4v) is 4.62. The van der Waals surface area contributed by atoms with Gasteiger partial charge in [0.2, 0.25) is 0 Å². The number of rotatable bonds is 15. The molecule has 0 spiro atoms. The summed E-state index contributed by atoms with van der Waals surface area (Å²) in [5, 5.41) is 10.9. The zero-order chi connectivity index (χ0) is 17.5. The monoisotopic (exact) mass is 400 g/mol. The summed E-state index contributed by atoms with van der Waals surface area (Å²) in [6.45, 7) is 5.67. The van der Waals surface area contributed by atoms with E-state index in [-0.39, 0.29) is 6.10 Å². The molecule has 2 nitrogen and oxygen atoms in total. The molecule has 0 aromatic heterocycles. The van der Waals surface area contributed by atoms with Crippen LogP contribution in [0.1, 0.15) is 70.3 Å². The van der Waals surface area contributed by atoms with Crippen LogP contribution in [-0.2, 0) is 4.74 Å². The standard InChI is InChI=1S/C21H36O2Se/c1-3-4-5-6-7-8-9-10-11-15-23-17-20(22)18-24-21-14-12-13-19(2)16-21/h12-14,16,20,22H,3-11,15,17-18H2,1-2H3. The summed E-state index contributed by atoms with van der Waals surface area (Å²) in [7, 11) is 0. The fraction of sp³-hybridized carbons (Fsp3) is 0.714. The maximum atomic E-state index is 10.0. The van der Waals surface area contributed by atoms with E-state index in [0.717, 1.165) is 18.3 Å². The van der Waals surface area contributed by atoms with Gasteiger partial charge in [0.25, 0.3) is 0 Å². The molecule has 0 aliphatic rings. The molecule has 0 aliphatic heterocycles. The first-order valence-electron chi connectivity index (χ1n) is 9.67. The SMILES string of the molecule is CCCCCCCCCCCOCC(O)C[Se]c1cccc(C)c1. The third kappa shape index (κ3) is 12.1. The van der Waals surface area contributed by atoms with Gasteiger partial charge in [0.1, 0.15) is 0 Å². The van der Waals surface area contributed by atoms with Gasteiger partial charge in [0, 0.05) is 0 Å². The number of aryl methyl sites for hydroxylation is 1. The van der Waals surface area contributed by atoms with Gasteiger partial charge in [0.05, 0.1) is 0 Å². The van der Waals surface area contributed by atoms with Crippen LogP contribution in [0.3, 0.4) is 0 Å². The van der Waals surface area contributed by atoms with Gasteiger partial charge in [-0.25, -0.2) is 0 Å². The van der Waals surface area contributed by atoms with Crippen molar-refractivity contribution < 1.29 is 9.84 Å². The number of unbranched alkanes of at least 4 members (excludes halogenated alkanes) is 8. The van der Waals surface area contributed by atoms with Gasteiger partial charge >= 0.3 is 136 Å². The molecule has 0 saturated carbocycles. The minimum atomic E-state index is -0.316. The van der Waals surface area contributed by atoms with Gasteiger partial charge in [0.15, 0.2) is 0 Å². The first-order chi connectivity index (χ1) is 11.7. The molecule has 0 amide bonds. The van der Waals surface area contributed by atoms with Crippen LogP contribution in [0, 0.1) is 6.92 Å². The van der Waals surface area contributed by atoms with Crippen molar-refractivity contribution in [3.05, 3.63) is 29.8 Å². The molecule has 1 unspecified atom stereocenters. The van der Waals surface area contributed by atoms with Crippen LogP contribution >= 0.6 is 0 Å². The summed E-state index contributed by atoms with van der Waals surface area (Å²) in [5.74, 6) is 0. The van der Waals surface area contributed by atoms with Gasteiger partial charge in [-0.05, 0) is 0 Å². The van der Waals surface area contributed by atoms with Crippen LogP contribution in [0.25, 0.3) is 0 Å². The number of aliphatic hydroxyl groups excluding tert-OH is 1. The van der Waals surface area contributed by atoms with Crippen LogP contribution < -0.4 is 4.46 Å². The Morgan fingerprint density at radius 2 is 1.67 bits per heavy atom. The second kappa shape index (κ2) is 15.0. The van der Waals surface area contributed by atoms with Gasteiger partial charge in [-0.3, -0.25) is 0 Å². The molecule has 0 fully saturated rings. The van der Waals surface area contributed by atoms with E-state index in [1.54, 1.807) is 0 Å². The fourth-order valence-electron chi connectivity index (χ4n) is 2.68. The average Bonchev–Trinajstić information content (AvgIpc) is 2.58. The van der Waals surface area contributed by atoms with E-state index in [0.29, 0.717) is 21.6 Å². The van der Waals surface area contributed by atoms with Crippen LogP contribution in [0.4, 0.5) is 0 Å². The van der Waals surface area contributed by atoms with Crippen LogP contribution in [0.15, 0.2) is 24.3 Å². The quantitative estimate of drug-likeness (QED) is 0.344. The van der Waals surface area contributed by atoms with Crippen molar-refractivity contribution >= 4 is 19.4 Å². The Balaban J connectivity index is 1.88. The zero-order valence-electron chi connectivity index (χ0n) is 15.6. The second-order valence-electron chi connectivity index (χ2n) is 6.68. The van der Waals surface area contributed by atoms with Crippen molar-refractivity contribution in [3.63, 3.8) is 0 Å². The van der Waals surface area contributed by atoms with E-state index >= 15 is 0 Å². The molecule has 1 aromatic carbocycles. The number of benzene rings is 1. The molecule has 138 valence electrons. The molecule has 24 heavy (non-hydrogen) atoms. The Bertz CT molecular complexity index is 409. The van der Waals surface area contributed by atoms with Crippen LogP contribution in [-0.4, -0.2) is 39.4 Å². The Kier molecular flexibility index (Phi) is 13.5. The molecule has 1 N–H and O–H groups in total. The maximum absolute atomic E-state index is 10.0. The van der Waals surface area contributed by atoms with E-state index in [1.165, 1.54) is 61.4 Å². The van der Waals surface area contributed by atoms with Gasteiger partial charge in [-0.15, -0.1) is 0 Å². The predicted molar refractivity (Wildman–Crippen MR) is 105 cm³/mol. The Labute approximate surface area is 155 Å².